The number of allylic oxidation sites excluding steroid dienone is 10. The van der Waals surface area contributed by atoms with Crippen LogP contribution in [0.5, 0.6) is 0 Å². The summed E-state index contributed by atoms with van der Waals surface area (Å²) in [5.41, 5.74) is 0. The quantitative estimate of drug-likeness (QED) is 0.0159. The molecule has 1 aliphatic carbocycles. The molecule has 1 saturated carbocycles. The minimum Gasteiger partial charge on any atom is -0.462 e. The van der Waals surface area contributed by atoms with Crippen LogP contribution in [-0.2, 0) is 32.7 Å². The Labute approximate surface area is 347 Å². The predicted octanol–water partition coefficient (Wildman–Crippen LogP) is 7.77. The first kappa shape index (κ1) is 53.6. The number of carbonyl (C=O) groups is 2. The van der Waals surface area contributed by atoms with Crippen molar-refractivity contribution in [2.75, 3.05) is 13.2 Å². The Hall–Kier alpha value is -2.45. The van der Waals surface area contributed by atoms with Gasteiger partial charge in [0.05, 0.1) is 6.61 Å². The van der Waals surface area contributed by atoms with Crippen LogP contribution in [0, 0.1) is 0 Å². The molecule has 0 amide bonds. The predicted molar refractivity (Wildman–Crippen MR) is 226 cm³/mol. The Kier molecular flexibility index (Phi) is 31.7. The minimum atomic E-state index is -5.13. The van der Waals surface area contributed by atoms with Gasteiger partial charge in [0.2, 0.25) is 0 Å². The summed E-state index contributed by atoms with van der Waals surface area (Å²) >= 11 is 0. The summed E-state index contributed by atoms with van der Waals surface area (Å²) < 4.78 is 33.4. The molecule has 14 heteroatoms. The molecule has 1 rings (SSSR count). The largest absolute Gasteiger partial charge is 0.472 e. The van der Waals surface area contributed by atoms with Crippen molar-refractivity contribution in [1.29, 1.82) is 0 Å². The molecule has 0 heterocycles. The van der Waals surface area contributed by atoms with Gasteiger partial charge in [-0.2, -0.15) is 0 Å². The van der Waals surface area contributed by atoms with Crippen LogP contribution in [0.25, 0.3) is 0 Å². The molecule has 334 valence electrons. The van der Waals surface area contributed by atoms with Crippen molar-refractivity contribution >= 4 is 19.8 Å². The lowest BCUT2D eigenvalue weighted by Gasteiger charge is -2.41. The molecule has 1 fully saturated rings. The highest BCUT2D eigenvalue weighted by molar-refractivity contribution is 7.47. The van der Waals surface area contributed by atoms with E-state index >= 15 is 0 Å². The van der Waals surface area contributed by atoms with Gasteiger partial charge in [0.15, 0.2) is 6.10 Å². The summed E-state index contributed by atoms with van der Waals surface area (Å²) in [5, 5.41) is 50.0. The van der Waals surface area contributed by atoms with Gasteiger partial charge in [-0.1, -0.05) is 120 Å². The highest BCUT2D eigenvalue weighted by Crippen LogP contribution is 2.47. The summed E-state index contributed by atoms with van der Waals surface area (Å²) in [6.45, 7) is 3.16. The number of aliphatic hydroxyl groups is 5. The monoisotopic (exact) mass is 842 g/mol. The number of ether oxygens (including phenoxy) is 2. The summed E-state index contributed by atoms with van der Waals surface area (Å²) in [4.78, 5) is 35.5. The summed E-state index contributed by atoms with van der Waals surface area (Å²) in [7, 11) is -5.13. The molecule has 8 atom stereocenters. The van der Waals surface area contributed by atoms with E-state index in [1.807, 2.05) is 12.2 Å². The number of unbranched alkanes of at least 4 members (excludes halogenated alkanes) is 12. The molecule has 0 aromatic carbocycles. The minimum absolute atomic E-state index is 0.0721. The van der Waals surface area contributed by atoms with Crippen molar-refractivity contribution < 1.29 is 63.1 Å². The molecular formula is C44H75O13P. The van der Waals surface area contributed by atoms with Gasteiger partial charge in [-0.05, 0) is 77.0 Å². The molecule has 13 nitrogen and oxygen atoms in total. The van der Waals surface area contributed by atoms with Crippen LogP contribution in [0.1, 0.15) is 149 Å². The molecule has 0 aliphatic heterocycles. The average molecular weight is 843 g/mol. The summed E-state index contributed by atoms with van der Waals surface area (Å²) in [6.07, 6.45) is 27.2. The molecule has 0 saturated heterocycles. The van der Waals surface area contributed by atoms with Gasteiger partial charge < -0.3 is 39.9 Å². The van der Waals surface area contributed by atoms with Gasteiger partial charge >= 0.3 is 19.8 Å². The summed E-state index contributed by atoms with van der Waals surface area (Å²) in [5.74, 6) is -1.18. The zero-order chi connectivity index (χ0) is 42.9. The second kappa shape index (κ2) is 34.3. The van der Waals surface area contributed by atoms with E-state index in [-0.39, 0.29) is 12.8 Å². The van der Waals surface area contributed by atoms with Gasteiger partial charge in [-0.15, -0.1) is 0 Å². The maximum absolute atomic E-state index is 12.8. The van der Waals surface area contributed by atoms with Gasteiger partial charge in [-0.3, -0.25) is 18.6 Å². The van der Waals surface area contributed by atoms with Crippen molar-refractivity contribution in [3.05, 3.63) is 60.8 Å². The van der Waals surface area contributed by atoms with Crippen molar-refractivity contribution in [2.45, 2.75) is 191 Å². The van der Waals surface area contributed by atoms with E-state index in [1.165, 1.54) is 38.5 Å². The average Bonchev–Trinajstić information content (AvgIpc) is 3.20. The van der Waals surface area contributed by atoms with Crippen LogP contribution in [0.2, 0.25) is 0 Å². The van der Waals surface area contributed by atoms with E-state index in [0.717, 1.165) is 64.2 Å². The fourth-order valence-corrected chi connectivity index (χ4v) is 7.01. The molecule has 1 aliphatic rings. The third-order valence-electron chi connectivity index (χ3n) is 9.58. The second-order valence-electron chi connectivity index (χ2n) is 14.8. The Bertz CT molecular complexity index is 1250. The van der Waals surface area contributed by atoms with Crippen LogP contribution in [-0.4, -0.2) is 98.3 Å². The van der Waals surface area contributed by atoms with Crippen molar-refractivity contribution in [3.63, 3.8) is 0 Å². The lowest BCUT2D eigenvalue weighted by atomic mass is 9.85. The molecular weight excluding hydrogens is 767 g/mol. The van der Waals surface area contributed by atoms with Crippen LogP contribution in [0.4, 0.5) is 0 Å². The maximum atomic E-state index is 12.8. The van der Waals surface area contributed by atoms with Crippen molar-refractivity contribution in [3.8, 4) is 0 Å². The number of phosphoric ester groups is 1. The van der Waals surface area contributed by atoms with Crippen LogP contribution in [0.3, 0.4) is 0 Å². The number of rotatable bonds is 34. The molecule has 0 aromatic heterocycles. The second-order valence-corrected chi connectivity index (χ2v) is 16.2. The fraction of sp³-hybridized carbons (Fsp3) is 0.727. The molecule has 58 heavy (non-hydrogen) atoms. The Morgan fingerprint density at radius 1 is 0.534 bits per heavy atom. The Balaban J connectivity index is 2.54. The lowest BCUT2D eigenvalue weighted by molar-refractivity contribution is -0.220. The molecule has 0 radical (unpaired) electrons. The third-order valence-corrected chi connectivity index (χ3v) is 10.6. The molecule has 6 unspecified atom stereocenters. The third kappa shape index (κ3) is 26.6. The van der Waals surface area contributed by atoms with Gasteiger partial charge in [-0.25, -0.2) is 4.57 Å². The maximum Gasteiger partial charge on any atom is 0.472 e. The zero-order valence-corrected chi connectivity index (χ0v) is 36.0. The molecule has 0 aromatic rings. The lowest BCUT2D eigenvalue weighted by Crippen LogP contribution is -2.64. The molecule has 6 N–H and O–H groups in total. The summed E-state index contributed by atoms with van der Waals surface area (Å²) in [6, 6.07) is 0. The van der Waals surface area contributed by atoms with Crippen LogP contribution in [0.15, 0.2) is 60.8 Å². The SMILES string of the molecule is CCCCC/C=C\C/C=C\C/C=C\C/C=C\CCCC(=O)OC[C@H](COP(=O)(O)OC1C(O)C(O)C(O)[C@@H](O)C1O)OC(=O)CCCCCCC/C=C\CCCCC. The smallest absolute Gasteiger partial charge is 0.462 e. The van der Waals surface area contributed by atoms with Gasteiger partial charge in [0.25, 0.3) is 0 Å². The topological polar surface area (TPSA) is 210 Å². The van der Waals surface area contributed by atoms with Crippen molar-refractivity contribution in [1.82, 2.24) is 0 Å². The van der Waals surface area contributed by atoms with Gasteiger partial charge in [0, 0.05) is 12.8 Å². The Morgan fingerprint density at radius 2 is 0.948 bits per heavy atom. The van der Waals surface area contributed by atoms with E-state index < -0.39 is 75.7 Å². The number of hydrogen-bond donors (Lipinski definition) is 6. The van der Waals surface area contributed by atoms with Crippen LogP contribution >= 0.6 is 7.82 Å². The number of esters is 2. The first-order valence-corrected chi connectivity index (χ1v) is 23.1. The Morgan fingerprint density at radius 3 is 1.48 bits per heavy atom. The standard InChI is InChI=1S/C44H75O13P/c1-3-5-7-9-11-13-15-17-18-19-20-21-23-24-26-28-30-32-37(45)54-34-36(56-38(46)33-31-29-27-25-22-16-14-12-10-8-6-4-2)35-55-58(52,53)57-44-42(50)40(48)39(47)41(49)43(44)51/h11-14,17-18,20-21,24,26,36,39-44,47-51H,3-10,15-16,19,22-23,25,27-35H2,1-2H3,(H,52,53)/b13-11-,14-12-,18-17-,21-20-,26-24-/t36-,39?,40-,41?,42?,43?,44?/m1/s1. The van der Waals surface area contributed by atoms with Crippen LogP contribution < -0.4 is 0 Å². The number of hydrogen-bond acceptors (Lipinski definition) is 12. The number of carbonyl (C=O) groups excluding carboxylic acids is 2. The highest BCUT2D eigenvalue weighted by Gasteiger charge is 2.51. The van der Waals surface area contributed by atoms with E-state index in [2.05, 4.69) is 62.5 Å². The van der Waals surface area contributed by atoms with E-state index in [1.54, 1.807) is 0 Å². The number of aliphatic hydroxyl groups excluding tert-OH is 5. The number of phosphoric acid groups is 1. The fourth-order valence-electron chi connectivity index (χ4n) is 6.04. The molecule has 0 spiro atoms. The van der Waals surface area contributed by atoms with Gasteiger partial charge in [0.1, 0.15) is 43.2 Å². The zero-order valence-electron chi connectivity index (χ0n) is 35.1. The first-order valence-electron chi connectivity index (χ1n) is 21.6. The normalized spacial score (nSPS) is 23.1. The van der Waals surface area contributed by atoms with E-state index in [4.69, 9.17) is 18.5 Å². The highest BCUT2D eigenvalue weighted by atomic mass is 31.2. The molecule has 0 bridgehead atoms. The van der Waals surface area contributed by atoms with E-state index in [0.29, 0.717) is 19.3 Å². The van der Waals surface area contributed by atoms with E-state index in [9.17, 15) is 44.6 Å². The first-order chi connectivity index (χ1) is 27.9. The van der Waals surface area contributed by atoms with Crippen molar-refractivity contribution in [2.24, 2.45) is 0 Å².